The molecule has 1 aliphatic carbocycles. The fourth-order valence-corrected chi connectivity index (χ4v) is 6.77. The average molecular weight is 575 g/mol. The fraction of sp³-hybridized carbons (Fsp3) is 0.364. The highest BCUT2D eigenvalue weighted by Crippen LogP contribution is 2.42. The lowest BCUT2D eigenvalue weighted by atomic mass is 9.85. The van der Waals surface area contributed by atoms with E-state index >= 15 is 0 Å². The zero-order valence-corrected chi connectivity index (χ0v) is 24.9. The maximum atomic E-state index is 13.9. The van der Waals surface area contributed by atoms with Crippen molar-refractivity contribution in [1.29, 1.82) is 0 Å². The molecule has 1 saturated heterocycles. The molecule has 5 rings (SSSR count). The van der Waals surface area contributed by atoms with Crippen LogP contribution >= 0.6 is 11.8 Å². The SMILES string of the molecule is COc1ccc(OC)c(COc2ccc(/C=C3\SC(Nc4ccccc4)N([C@H]4CCCC[C@@H]4C)C3=O)cc2OC)c1. The zero-order chi connectivity index (χ0) is 28.8. The Balaban J connectivity index is 1.37. The number of hydrogen-bond acceptors (Lipinski definition) is 7. The molecule has 0 aromatic heterocycles. The third-order valence-corrected chi connectivity index (χ3v) is 8.89. The number of ether oxygens (including phenoxy) is 4. The molecule has 2 fully saturated rings. The van der Waals surface area contributed by atoms with E-state index in [4.69, 9.17) is 18.9 Å². The molecule has 8 heteroatoms. The fourth-order valence-electron chi connectivity index (χ4n) is 5.56. The molecule has 1 N–H and O–H groups in total. The number of nitrogens with one attached hydrogen (secondary N) is 1. The Morgan fingerprint density at radius 1 is 0.902 bits per heavy atom. The lowest BCUT2D eigenvalue weighted by Crippen LogP contribution is -2.48. The van der Waals surface area contributed by atoms with Crippen LogP contribution in [-0.2, 0) is 11.4 Å². The molecule has 0 bridgehead atoms. The van der Waals surface area contributed by atoms with E-state index in [-0.39, 0.29) is 24.1 Å². The number of methoxy groups -OCH3 is 3. The second kappa shape index (κ2) is 13.3. The third-order valence-electron chi connectivity index (χ3n) is 7.78. The molecule has 7 nitrogen and oxygen atoms in total. The van der Waals surface area contributed by atoms with Crippen LogP contribution in [0.2, 0.25) is 0 Å². The smallest absolute Gasteiger partial charge is 0.262 e. The quantitative estimate of drug-likeness (QED) is 0.257. The summed E-state index contributed by atoms with van der Waals surface area (Å²) in [5.74, 6) is 3.19. The van der Waals surface area contributed by atoms with Gasteiger partial charge in [-0.2, -0.15) is 0 Å². The molecule has 2 aliphatic rings. The van der Waals surface area contributed by atoms with E-state index in [2.05, 4.69) is 17.1 Å². The summed E-state index contributed by atoms with van der Waals surface area (Å²) in [5.41, 5.74) is 2.58. The normalized spacial score (nSPS) is 21.6. The summed E-state index contributed by atoms with van der Waals surface area (Å²) in [5, 5.41) is 3.60. The molecular weight excluding hydrogens is 536 g/mol. The lowest BCUT2D eigenvalue weighted by molar-refractivity contribution is -0.129. The molecule has 1 aliphatic heterocycles. The van der Waals surface area contributed by atoms with Gasteiger partial charge in [0, 0.05) is 17.3 Å². The second-order valence-electron chi connectivity index (χ2n) is 10.4. The minimum atomic E-state index is -0.163. The number of para-hydroxylation sites is 1. The van der Waals surface area contributed by atoms with Crippen molar-refractivity contribution in [3.63, 3.8) is 0 Å². The number of benzene rings is 3. The minimum Gasteiger partial charge on any atom is -0.497 e. The van der Waals surface area contributed by atoms with Crippen molar-refractivity contribution < 1.29 is 23.7 Å². The Hall–Kier alpha value is -3.78. The van der Waals surface area contributed by atoms with E-state index in [0.717, 1.165) is 47.6 Å². The van der Waals surface area contributed by atoms with Gasteiger partial charge in [-0.3, -0.25) is 4.79 Å². The van der Waals surface area contributed by atoms with Crippen molar-refractivity contribution >= 4 is 29.4 Å². The summed E-state index contributed by atoms with van der Waals surface area (Å²) >= 11 is 1.57. The Morgan fingerprint density at radius 3 is 2.39 bits per heavy atom. The molecule has 1 saturated carbocycles. The van der Waals surface area contributed by atoms with Crippen LogP contribution in [0.5, 0.6) is 23.0 Å². The topological polar surface area (TPSA) is 69.3 Å². The number of amides is 1. The van der Waals surface area contributed by atoms with Crippen molar-refractivity contribution in [2.45, 2.75) is 50.8 Å². The first-order chi connectivity index (χ1) is 20.0. The molecular formula is C33H38N2O5S. The number of rotatable bonds is 10. The van der Waals surface area contributed by atoms with Crippen molar-refractivity contribution in [1.82, 2.24) is 4.90 Å². The number of carbonyl (C=O) groups is 1. The monoisotopic (exact) mass is 574 g/mol. The van der Waals surface area contributed by atoms with Gasteiger partial charge in [-0.1, -0.05) is 55.8 Å². The van der Waals surface area contributed by atoms with Crippen molar-refractivity contribution in [3.05, 3.63) is 82.8 Å². The van der Waals surface area contributed by atoms with Gasteiger partial charge < -0.3 is 29.2 Å². The van der Waals surface area contributed by atoms with E-state index in [9.17, 15) is 4.79 Å². The highest BCUT2D eigenvalue weighted by molar-refractivity contribution is 8.05. The molecule has 0 spiro atoms. The number of carbonyl (C=O) groups excluding carboxylic acids is 1. The van der Waals surface area contributed by atoms with E-state index in [1.807, 2.05) is 72.8 Å². The summed E-state index contributed by atoms with van der Waals surface area (Å²) in [6, 6.07) is 21.7. The largest absolute Gasteiger partial charge is 0.497 e. The van der Waals surface area contributed by atoms with Crippen LogP contribution in [0.3, 0.4) is 0 Å². The van der Waals surface area contributed by atoms with Crippen molar-refractivity contribution in [2.24, 2.45) is 5.92 Å². The summed E-state index contributed by atoms with van der Waals surface area (Å²) in [7, 11) is 4.88. The van der Waals surface area contributed by atoms with E-state index < -0.39 is 0 Å². The van der Waals surface area contributed by atoms with E-state index in [1.165, 1.54) is 6.42 Å². The van der Waals surface area contributed by atoms with Gasteiger partial charge in [0.1, 0.15) is 18.1 Å². The van der Waals surface area contributed by atoms with Crippen LogP contribution in [-0.4, -0.2) is 43.7 Å². The summed E-state index contributed by atoms with van der Waals surface area (Å²) in [6.07, 6.45) is 6.52. The predicted octanol–water partition coefficient (Wildman–Crippen LogP) is 7.18. The predicted molar refractivity (Wildman–Crippen MR) is 165 cm³/mol. The Kier molecular flexibility index (Phi) is 9.29. The highest BCUT2D eigenvalue weighted by atomic mass is 32.2. The molecule has 1 heterocycles. The van der Waals surface area contributed by atoms with Crippen LogP contribution in [0, 0.1) is 5.92 Å². The lowest BCUT2D eigenvalue weighted by Gasteiger charge is -2.39. The summed E-state index contributed by atoms with van der Waals surface area (Å²) in [4.78, 5) is 16.7. The number of thioether (sulfide) groups is 1. The number of nitrogens with zero attached hydrogens (tertiary/aromatic N) is 1. The molecule has 216 valence electrons. The van der Waals surface area contributed by atoms with Gasteiger partial charge in [0.2, 0.25) is 0 Å². The van der Waals surface area contributed by atoms with Crippen LogP contribution in [0.1, 0.15) is 43.7 Å². The summed E-state index contributed by atoms with van der Waals surface area (Å²) < 4.78 is 22.6. The Labute approximate surface area is 246 Å². The highest BCUT2D eigenvalue weighted by Gasteiger charge is 2.42. The Morgan fingerprint density at radius 2 is 1.66 bits per heavy atom. The molecule has 3 aromatic rings. The van der Waals surface area contributed by atoms with Crippen LogP contribution in [0.25, 0.3) is 6.08 Å². The van der Waals surface area contributed by atoms with Gasteiger partial charge in [0.05, 0.1) is 26.2 Å². The molecule has 0 radical (unpaired) electrons. The number of anilines is 1. The maximum absolute atomic E-state index is 13.9. The van der Waals surface area contributed by atoms with E-state index in [0.29, 0.717) is 22.3 Å². The van der Waals surface area contributed by atoms with Gasteiger partial charge in [0.25, 0.3) is 5.91 Å². The Bertz CT molecular complexity index is 1380. The van der Waals surface area contributed by atoms with Crippen LogP contribution in [0.4, 0.5) is 5.69 Å². The average Bonchev–Trinajstić information content (AvgIpc) is 3.30. The first kappa shape index (κ1) is 28.7. The molecule has 1 unspecified atom stereocenters. The minimum absolute atomic E-state index is 0.0756. The standard InChI is InChI=1S/C33H38N2O5S/c1-22-10-8-9-13-27(22)35-32(36)31(41-33(35)34-25-11-6-5-7-12-25)19-23-14-16-29(30(18-23)39-4)40-21-24-20-26(37-2)15-17-28(24)38-3/h5-7,11-12,14-20,22,27,33-34H,8-10,13,21H2,1-4H3/b31-19-/t22-,27-,33?/m0/s1. The van der Waals surface area contributed by atoms with Crippen LogP contribution in [0.15, 0.2) is 71.6 Å². The first-order valence-corrected chi connectivity index (χ1v) is 14.9. The molecule has 3 aromatic carbocycles. The maximum Gasteiger partial charge on any atom is 0.262 e. The van der Waals surface area contributed by atoms with Crippen molar-refractivity contribution in [2.75, 3.05) is 26.6 Å². The first-order valence-electron chi connectivity index (χ1n) is 14.0. The van der Waals surface area contributed by atoms with Gasteiger partial charge in [-0.15, -0.1) is 0 Å². The number of hydrogen-bond donors (Lipinski definition) is 1. The zero-order valence-electron chi connectivity index (χ0n) is 24.1. The second-order valence-corrected chi connectivity index (χ2v) is 11.5. The summed E-state index contributed by atoms with van der Waals surface area (Å²) in [6.45, 7) is 2.56. The van der Waals surface area contributed by atoms with Crippen LogP contribution < -0.4 is 24.3 Å². The van der Waals surface area contributed by atoms with Gasteiger partial charge in [0.15, 0.2) is 17.0 Å². The van der Waals surface area contributed by atoms with Gasteiger partial charge >= 0.3 is 0 Å². The molecule has 3 atom stereocenters. The van der Waals surface area contributed by atoms with Gasteiger partial charge in [-0.25, -0.2) is 0 Å². The third kappa shape index (κ3) is 6.59. The van der Waals surface area contributed by atoms with E-state index in [1.54, 1.807) is 33.1 Å². The van der Waals surface area contributed by atoms with Gasteiger partial charge in [-0.05, 0) is 72.9 Å². The molecule has 41 heavy (non-hydrogen) atoms. The molecule has 1 amide bonds. The van der Waals surface area contributed by atoms with Crippen molar-refractivity contribution in [3.8, 4) is 23.0 Å².